The van der Waals surface area contributed by atoms with Crippen molar-refractivity contribution < 1.29 is 4.74 Å². The van der Waals surface area contributed by atoms with Crippen LogP contribution in [0.25, 0.3) is 0 Å². The number of hydrogen-bond donors (Lipinski definition) is 1. The summed E-state index contributed by atoms with van der Waals surface area (Å²) in [6.07, 6.45) is 5.23. The number of ether oxygens (including phenoxy) is 1. The Morgan fingerprint density at radius 1 is 1.33 bits per heavy atom. The number of aliphatic imine (C=N–C) groups is 1. The van der Waals surface area contributed by atoms with Crippen LogP contribution in [0, 0.1) is 6.92 Å². The molecule has 0 amide bonds. The number of nitrogens with zero attached hydrogens (tertiary/aromatic N) is 4. The average molecular weight is 483 g/mol. The maximum Gasteiger partial charge on any atom is 0.194 e. The van der Waals surface area contributed by atoms with Gasteiger partial charge in [-0.05, 0) is 38.0 Å². The molecule has 1 aromatic heterocycles. The lowest BCUT2D eigenvalue weighted by Crippen LogP contribution is -2.40. The van der Waals surface area contributed by atoms with Crippen LogP contribution in [0.1, 0.15) is 30.4 Å². The summed E-state index contributed by atoms with van der Waals surface area (Å²) < 4.78 is 7.66. The first-order chi connectivity index (χ1) is 12.7. The van der Waals surface area contributed by atoms with E-state index in [1.165, 1.54) is 11.1 Å². The minimum atomic E-state index is 0. The third-order valence-corrected chi connectivity index (χ3v) is 4.66. The number of guanidine groups is 1. The van der Waals surface area contributed by atoms with Crippen molar-refractivity contribution in [2.24, 2.45) is 12.0 Å². The molecule has 27 heavy (non-hydrogen) atoms. The number of nitrogens with one attached hydrogen (secondary N) is 1. The Balaban J connectivity index is 0.00000261. The largest absolute Gasteiger partial charge is 0.492 e. The minimum absolute atomic E-state index is 0. The minimum Gasteiger partial charge on any atom is -0.492 e. The maximum absolute atomic E-state index is 5.78. The Morgan fingerprint density at radius 3 is 2.78 bits per heavy atom. The number of likely N-dealkylation sites (tertiary alicyclic amines) is 1. The fourth-order valence-electron chi connectivity index (χ4n) is 3.25. The zero-order valence-corrected chi connectivity index (χ0v) is 18.7. The molecular weight excluding hydrogens is 453 g/mol. The Labute approximate surface area is 179 Å². The van der Waals surface area contributed by atoms with Crippen molar-refractivity contribution >= 4 is 29.9 Å². The summed E-state index contributed by atoms with van der Waals surface area (Å²) >= 11 is 0. The van der Waals surface area contributed by atoms with Gasteiger partial charge in [0.1, 0.15) is 12.4 Å². The summed E-state index contributed by atoms with van der Waals surface area (Å²) in [5.41, 5.74) is 2.55. The summed E-state index contributed by atoms with van der Waals surface area (Å²) in [6, 6.07) is 8.13. The molecule has 7 heteroatoms. The second-order valence-corrected chi connectivity index (χ2v) is 6.78. The third kappa shape index (κ3) is 6.12. The van der Waals surface area contributed by atoms with Crippen LogP contribution in [-0.4, -0.2) is 53.4 Å². The lowest BCUT2D eigenvalue weighted by Gasteiger charge is -2.21. The van der Waals surface area contributed by atoms with E-state index >= 15 is 0 Å². The summed E-state index contributed by atoms with van der Waals surface area (Å²) in [7, 11) is 1.97. The first-order valence-electron chi connectivity index (χ1n) is 9.37. The van der Waals surface area contributed by atoms with Crippen molar-refractivity contribution in [3.63, 3.8) is 0 Å². The van der Waals surface area contributed by atoms with E-state index in [0.29, 0.717) is 19.1 Å². The van der Waals surface area contributed by atoms with E-state index in [2.05, 4.69) is 47.5 Å². The van der Waals surface area contributed by atoms with Gasteiger partial charge in [-0.1, -0.05) is 17.7 Å². The van der Waals surface area contributed by atoms with E-state index in [1.807, 2.05) is 30.1 Å². The highest BCUT2D eigenvalue weighted by Gasteiger charge is 2.26. The van der Waals surface area contributed by atoms with Gasteiger partial charge in [-0.3, -0.25) is 4.68 Å². The van der Waals surface area contributed by atoms with E-state index in [-0.39, 0.29) is 24.0 Å². The van der Waals surface area contributed by atoms with Gasteiger partial charge in [0.15, 0.2) is 5.96 Å². The third-order valence-electron chi connectivity index (χ3n) is 4.66. The summed E-state index contributed by atoms with van der Waals surface area (Å²) in [4.78, 5) is 7.09. The SMILES string of the molecule is CCNC(=NCCOc1ccc(C)cc1)N1CCC(c2cnn(C)c2)C1.I. The number of hydrogen-bond acceptors (Lipinski definition) is 3. The Hall–Kier alpha value is -1.77. The standard InChI is InChI=1S/C20H29N5O.HI/c1-4-21-20(22-10-12-26-19-7-5-16(2)6-8-19)25-11-9-17(15-25)18-13-23-24(3)14-18;/h5-8,13-14,17H,4,9-12,15H2,1-3H3,(H,21,22);1H. The topological polar surface area (TPSA) is 54.7 Å². The fourth-order valence-corrected chi connectivity index (χ4v) is 3.25. The number of halogens is 1. The van der Waals surface area contributed by atoms with E-state index in [4.69, 9.17) is 9.73 Å². The second kappa shape index (κ2) is 10.5. The summed E-state index contributed by atoms with van der Waals surface area (Å²) in [5.74, 6) is 2.40. The average Bonchev–Trinajstić information content (AvgIpc) is 3.28. The number of benzene rings is 1. The smallest absolute Gasteiger partial charge is 0.194 e. The molecule has 1 aromatic carbocycles. The predicted molar refractivity (Wildman–Crippen MR) is 120 cm³/mol. The van der Waals surface area contributed by atoms with E-state index in [0.717, 1.165) is 37.8 Å². The summed E-state index contributed by atoms with van der Waals surface area (Å²) in [6.45, 7) is 8.27. The summed E-state index contributed by atoms with van der Waals surface area (Å²) in [5, 5.41) is 7.71. The number of aryl methyl sites for hydroxylation is 2. The van der Waals surface area contributed by atoms with Gasteiger partial charge in [0.05, 0.1) is 12.7 Å². The molecule has 6 nitrogen and oxygen atoms in total. The quantitative estimate of drug-likeness (QED) is 0.297. The zero-order valence-electron chi connectivity index (χ0n) is 16.4. The molecule has 1 unspecified atom stereocenters. The molecule has 1 atom stereocenters. The van der Waals surface area contributed by atoms with Crippen molar-refractivity contribution in [3.05, 3.63) is 47.8 Å². The molecule has 1 fully saturated rings. The van der Waals surface area contributed by atoms with Crippen molar-refractivity contribution in [1.29, 1.82) is 0 Å². The van der Waals surface area contributed by atoms with Crippen LogP contribution in [0.2, 0.25) is 0 Å². The fraction of sp³-hybridized carbons (Fsp3) is 0.500. The van der Waals surface area contributed by atoms with Crippen LogP contribution in [0.15, 0.2) is 41.7 Å². The molecule has 1 N–H and O–H groups in total. The highest BCUT2D eigenvalue weighted by molar-refractivity contribution is 14.0. The van der Waals surface area contributed by atoms with Crippen LogP contribution in [0.5, 0.6) is 5.75 Å². The van der Waals surface area contributed by atoms with Crippen LogP contribution in [0.4, 0.5) is 0 Å². The van der Waals surface area contributed by atoms with E-state index in [1.54, 1.807) is 0 Å². The van der Waals surface area contributed by atoms with Crippen molar-refractivity contribution in [3.8, 4) is 5.75 Å². The normalized spacial score (nSPS) is 16.9. The van der Waals surface area contributed by atoms with Gasteiger partial charge in [-0.2, -0.15) is 5.10 Å². The van der Waals surface area contributed by atoms with Gasteiger partial charge in [-0.25, -0.2) is 4.99 Å². The molecule has 0 aliphatic carbocycles. The van der Waals surface area contributed by atoms with Crippen molar-refractivity contribution in [1.82, 2.24) is 20.0 Å². The molecule has 2 aromatic rings. The molecule has 0 saturated carbocycles. The molecule has 148 valence electrons. The molecule has 0 radical (unpaired) electrons. The van der Waals surface area contributed by atoms with Crippen LogP contribution < -0.4 is 10.1 Å². The lowest BCUT2D eigenvalue weighted by atomic mass is 10.0. The molecule has 0 bridgehead atoms. The van der Waals surface area contributed by atoms with Crippen molar-refractivity contribution in [2.45, 2.75) is 26.2 Å². The number of rotatable bonds is 6. The van der Waals surface area contributed by atoms with Crippen LogP contribution >= 0.6 is 24.0 Å². The molecule has 3 rings (SSSR count). The first-order valence-corrected chi connectivity index (χ1v) is 9.37. The highest BCUT2D eigenvalue weighted by atomic mass is 127. The Morgan fingerprint density at radius 2 is 2.11 bits per heavy atom. The van der Waals surface area contributed by atoms with Crippen LogP contribution in [-0.2, 0) is 7.05 Å². The number of aromatic nitrogens is 2. The van der Waals surface area contributed by atoms with Crippen molar-refractivity contribution in [2.75, 3.05) is 32.8 Å². The Bertz CT molecular complexity index is 728. The molecule has 1 aliphatic heterocycles. The van der Waals surface area contributed by atoms with Gasteiger partial charge in [0.2, 0.25) is 0 Å². The molecule has 1 saturated heterocycles. The molecule has 2 heterocycles. The molecule has 1 aliphatic rings. The Kier molecular flexibility index (Phi) is 8.40. The van der Waals surface area contributed by atoms with E-state index < -0.39 is 0 Å². The highest BCUT2D eigenvalue weighted by Crippen LogP contribution is 2.26. The van der Waals surface area contributed by atoms with E-state index in [9.17, 15) is 0 Å². The molecule has 0 spiro atoms. The predicted octanol–water partition coefficient (Wildman–Crippen LogP) is 3.18. The zero-order chi connectivity index (χ0) is 18.4. The molecular formula is C20H30IN5O. The monoisotopic (exact) mass is 483 g/mol. The van der Waals surface area contributed by atoms with Gasteiger partial charge in [0, 0.05) is 38.8 Å². The van der Waals surface area contributed by atoms with Crippen LogP contribution in [0.3, 0.4) is 0 Å². The van der Waals surface area contributed by atoms with Gasteiger partial charge >= 0.3 is 0 Å². The van der Waals surface area contributed by atoms with Gasteiger partial charge in [0.25, 0.3) is 0 Å². The first kappa shape index (κ1) is 21.5. The van der Waals surface area contributed by atoms with Gasteiger partial charge in [-0.15, -0.1) is 24.0 Å². The second-order valence-electron chi connectivity index (χ2n) is 6.78. The maximum atomic E-state index is 5.78. The van der Waals surface area contributed by atoms with Gasteiger partial charge < -0.3 is 15.0 Å². The lowest BCUT2D eigenvalue weighted by molar-refractivity contribution is 0.327.